The third-order valence-corrected chi connectivity index (χ3v) is 6.75. The van der Waals surface area contributed by atoms with Crippen LogP contribution >= 0.6 is 0 Å². The molecule has 14 heteroatoms. The van der Waals surface area contributed by atoms with Crippen LogP contribution < -0.4 is 10.2 Å². The van der Waals surface area contributed by atoms with Crippen LogP contribution in [0.25, 0.3) is 28.4 Å². The lowest BCUT2D eigenvalue weighted by atomic mass is 9.99. The smallest absolute Gasteiger partial charge is 0.331 e. The third kappa shape index (κ3) is 5.95. The number of phenols is 5. The molecule has 1 saturated heterocycles. The summed E-state index contributed by atoms with van der Waals surface area (Å²) in [5.74, 6) is -4.38. The molecule has 0 unspecified atom stereocenters. The number of phenolic OH excluding ortho intramolecular Hbond substituents is 5. The molecule has 3 aromatic carbocycles. The molecule has 0 bridgehead atoms. The van der Waals surface area contributed by atoms with Crippen molar-refractivity contribution in [3.63, 3.8) is 0 Å². The molecule has 230 valence electrons. The fourth-order valence-corrected chi connectivity index (χ4v) is 4.60. The second-order valence-corrected chi connectivity index (χ2v) is 9.79. The summed E-state index contributed by atoms with van der Waals surface area (Å²) in [4.78, 5) is 26.2. The van der Waals surface area contributed by atoms with Gasteiger partial charge in [-0.15, -0.1) is 0 Å². The second kappa shape index (κ2) is 12.1. The molecule has 1 aliphatic heterocycles. The molecule has 0 amide bonds. The highest BCUT2D eigenvalue weighted by Gasteiger charge is 2.48. The molecule has 1 aromatic heterocycles. The number of hydrogen-bond acceptors (Lipinski definition) is 14. The lowest BCUT2D eigenvalue weighted by Crippen LogP contribution is -2.61. The Morgan fingerprint density at radius 3 is 2.36 bits per heavy atom. The minimum Gasteiger partial charge on any atom is -0.508 e. The van der Waals surface area contributed by atoms with Crippen molar-refractivity contribution in [1.29, 1.82) is 0 Å². The zero-order valence-electron chi connectivity index (χ0n) is 22.5. The molecule has 2 heterocycles. The van der Waals surface area contributed by atoms with Gasteiger partial charge in [0.2, 0.25) is 17.5 Å². The van der Waals surface area contributed by atoms with E-state index < -0.39 is 88.6 Å². The first-order valence-electron chi connectivity index (χ1n) is 13.0. The van der Waals surface area contributed by atoms with Crippen LogP contribution in [0.5, 0.6) is 34.5 Å². The first kappa shape index (κ1) is 30.2. The molecule has 4 aromatic rings. The van der Waals surface area contributed by atoms with Crippen molar-refractivity contribution >= 4 is 23.0 Å². The van der Waals surface area contributed by atoms with E-state index in [1.54, 1.807) is 12.1 Å². The van der Waals surface area contributed by atoms with Gasteiger partial charge in [-0.2, -0.15) is 0 Å². The number of carbonyl (C=O) groups is 1. The Morgan fingerprint density at radius 2 is 1.66 bits per heavy atom. The fourth-order valence-electron chi connectivity index (χ4n) is 4.60. The predicted molar refractivity (Wildman–Crippen MR) is 150 cm³/mol. The van der Waals surface area contributed by atoms with Crippen molar-refractivity contribution < 1.29 is 64.3 Å². The minimum atomic E-state index is -1.96. The van der Waals surface area contributed by atoms with E-state index in [-0.39, 0.29) is 16.9 Å². The van der Waals surface area contributed by atoms with E-state index in [1.807, 2.05) is 0 Å². The van der Waals surface area contributed by atoms with Crippen molar-refractivity contribution in [3.05, 3.63) is 76.5 Å². The van der Waals surface area contributed by atoms with E-state index in [2.05, 4.69) is 0 Å². The molecule has 0 radical (unpaired) electrons. The Labute approximate surface area is 247 Å². The fraction of sp³-hybridized carbons (Fsp3) is 0.200. The Hall–Kier alpha value is -5.28. The molecule has 5 rings (SSSR count). The monoisotopic (exact) mass is 610 g/mol. The zero-order valence-corrected chi connectivity index (χ0v) is 22.5. The van der Waals surface area contributed by atoms with Gasteiger partial charge in [-0.25, -0.2) is 4.79 Å². The Balaban J connectivity index is 1.52. The number of aliphatic hydroxyl groups is 3. The van der Waals surface area contributed by atoms with Crippen molar-refractivity contribution in [1.82, 2.24) is 0 Å². The molecule has 1 fully saturated rings. The highest BCUT2D eigenvalue weighted by Crippen LogP contribution is 2.39. The van der Waals surface area contributed by atoms with Crippen molar-refractivity contribution in [2.75, 3.05) is 6.61 Å². The summed E-state index contributed by atoms with van der Waals surface area (Å²) in [5.41, 5.74) is -0.893. The highest BCUT2D eigenvalue weighted by molar-refractivity contribution is 5.89. The summed E-state index contributed by atoms with van der Waals surface area (Å²) >= 11 is 0. The number of ether oxygens (including phenoxy) is 3. The van der Waals surface area contributed by atoms with Crippen molar-refractivity contribution in [2.45, 2.75) is 30.7 Å². The molecular weight excluding hydrogens is 584 g/mol. The third-order valence-electron chi connectivity index (χ3n) is 6.75. The maximum Gasteiger partial charge on any atom is 0.331 e. The maximum absolute atomic E-state index is 13.6. The maximum atomic E-state index is 13.6. The van der Waals surface area contributed by atoms with E-state index in [4.69, 9.17) is 18.6 Å². The number of aromatic hydroxyl groups is 5. The summed E-state index contributed by atoms with van der Waals surface area (Å²) < 4.78 is 22.2. The van der Waals surface area contributed by atoms with Gasteiger partial charge < -0.3 is 59.5 Å². The number of carbonyl (C=O) groups excluding carboxylic acids is 1. The Kier molecular flexibility index (Phi) is 8.33. The zero-order chi connectivity index (χ0) is 31.7. The van der Waals surface area contributed by atoms with Crippen LogP contribution in [0.2, 0.25) is 0 Å². The molecular formula is C30H26O14. The lowest BCUT2D eigenvalue weighted by Gasteiger charge is -2.41. The SMILES string of the molecule is O=C(/C=C/c1cccc(O)c1)O[C@@H]1[C@@H](O)[C@H](Oc2c(-c3ccc(O)c(O)c3)oc3cc(O)cc(O)c3c2=O)O[C@H](CO)[C@H]1O. The summed E-state index contributed by atoms with van der Waals surface area (Å²) in [6, 6.07) is 11.2. The first-order chi connectivity index (χ1) is 21.0. The normalized spacial score (nSPS) is 21.8. The van der Waals surface area contributed by atoms with E-state index in [0.29, 0.717) is 5.56 Å². The highest BCUT2D eigenvalue weighted by atomic mass is 16.7. The number of fused-ring (bicyclic) bond motifs is 1. The topological polar surface area (TPSA) is 237 Å². The van der Waals surface area contributed by atoms with Crippen LogP contribution in [0.4, 0.5) is 0 Å². The average molecular weight is 611 g/mol. The summed E-state index contributed by atoms with van der Waals surface area (Å²) in [5, 5.41) is 80.8. The van der Waals surface area contributed by atoms with Gasteiger partial charge >= 0.3 is 5.97 Å². The summed E-state index contributed by atoms with van der Waals surface area (Å²) in [6.45, 7) is -0.827. The van der Waals surface area contributed by atoms with Crippen LogP contribution in [-0.4, -0.2) is 84.1 Å². The van der Waals surface area contributed by atoms with Gasteiger partial charge in [0.1, 0.15) is 40.4 Å². The summed E-state index contributed by atoms with van der Waals surface area (Å²) in [6.07, 6.45) is -6.54. The number of rotatable bonds is 7. The Bertz CT molecular complexity index is 1800. The molecule has 0 saturated carbocycles. The van der Waals surface area contributed by atoms with E-state index in [9.17, 15) is 50.4 Å². The van der Waals surface area contributed by atoms with Gasteiger partial charge in [0.25, 0.3) is 0 Å². The van der Waals surface area contributed by atoms with Crippen LogP contribution in [0, 0.1) is 0 Å². The molecule has 8 N–H and O–H groups in total. The molecule has 1 aliphatic rings. The summed E-state index contributed by atoms with van der Waals surface area (Å²) in [7, 11) is 0. The number of benzene rings is 3. The molecule has 0 aliphatic carbocycles. The minimum absolute atomic E-state index is 0.0266. The largest absolute Gasteiger partial charge is 0.508 e. The average Bonchev–Trinajstić information content (AvgIpc) is 2.97. The predicted octanol–water partition coefficient (Wildman–Crippen LogP) is 1.43. The standard InChI is InChI=1S/C30H26O14/c31-12-21-24(38)28(43-22(37)7-4-13-2-1-3-15(32)8-13)26(40)30(42-21)44-29-25(39)23-19(36)10-16(33)11-20(23)41-27(29)14-5-6-17(34)18(35)9-14/h1-11,21,24,26,28,30-36,38,40H,12H2/b7-4+/t21-,24-,26-,28+,30+/m1/s1. The van der Waals surface area contributed by atoms with E-state index in [1.165, 1.54) is 24.3 Å². The molecule has 14 nitrogen and oxygen atoms in total. The Morgan fingerprint density at radius 1 is 0.886 bits per heavy atom. The van der Waals surface area contributed by atoms with Crippen LogP contribution in [0.1, 0.15) is 5.56 Å². The van der Waals surface area contributed by atoms with Gasteiger partial charge in [0.15, 0.2) is 29.5 Å². The van der Waals surface area contributed by atoms with E-state index in [0.717, 1.165) is 30.3 Å². The van der Waals surface area contributed by atoms with E-state index >= 15 is 0 Å². The quantitative estimate of drug-likeness (QED) is 0.0840. The van der Waals surface area contributed by atoms with Gasteiger partial charge in [0, 0.05) is 23.8 Å². The molecule has 0 spiro atoms. The number of hydrogen-bond donors (Lipinski definition) is 8. The van der Waals surface area contributed by atoms with Crippen LogP contribution in [0.3, 0.4) is 0 Å². The number of esters is 1. The second-order valence-electron chi connectivity index (χ2n) is 9.79. The van der Waals surface area contributed by atoms with Crippen LogP contribution in [-0.2, 0) is 14.3 Å². The van der Waals surface area contributed by atoms with Crippen molar-refractivity contribution in [2.24, 2.45) is 0 Å². The number of aliphatic hydroxyl groups excluding tert-OH is 3. The van der Waals surface area contributed by atoms with Gasteiger partial charge in [-0.1, -0.05) is 12.1 Å². The first-order valence-corrected chi connectivity index (χ1v) is 13.0. The van der Waals surface area contributed by atoms with Gasteiger partial charge in [-0.3, -0.25) is 4.79 Å². The van der Waals surface area contributed by atoms with Gasteiger partial charge in [-0.05, 0) is 42.0 Å². The van der Waals surface area contributed by atoms with Crippen LogP contribution in [0.15, 0.2) is 69.9 Å². The van der Waals surface area contributed by atoms with Gasteiger partial charge in [0.05, 0.1) is 6.61 Å². The lowest BCUT2D eigenvalue weighted by molar-refractivity contribution is -0.280. The molecule has 44 heavy (non-hydrogen) atoms. The van der Waals surface area contributed by atoms with Crippen molar-refractivity contribution in [3.8, 4) is 45.8 Å². The molecule has 5 atom stereocenters.